The number of amides is 2. The van der Waals surface area contributed by atoms with Crippen LogP contribution >= 0.6 is 0 Å². The number of hydrogen-bond donors (Lipinski definition) is 1. The Bertz CT molecular complexity index is 1190. The predicted molar refractivity (Wildman–Crippen MR) is 133 cm³/mol. The highest BCUT2D eigenvalue weighted by atomic mass is 16.5. The second-order valence-electron chi connectivity index (χ2n) is 7.76. The first kappa shape index (κ1) is 23.1. The van der Waals surface area contributed by atoms with E-state index in [4.69, 9.17) is 9.47 Å². The summed E-state index contributed by atoms with van der Waals surface area (Å²) < 4.78 is 11.2. The summed E-state index contributed by atoms with van der Waals surface area (Å²) in [5.74, 6) is 0.657. The number of carbonyl (C=O) groups is 2. The SMILES string of the molecule is CCOc1ccc(C2=C(Nc3ccccc3OCC)C(=O)N(CCc3ccccc3)C2=O)cc1. The number of benzene rings is 3. The average Bonchev–Trinajstić information content (AvgIpc) is 3.09. The topological polar surface area (TPSA) is 67.9 Å². The van der Waals surface area contributed by atoms with Gasteiger partial charge >= 0.3 is 0 Å². The van der Waals surface area contributed by atoms with Gasteiger partial charge in [0.25, 0.3) is 11.8 Å². The van der Waals surface area contributed by atoms with E-state index in [1.807, 2.05) is 92.7 Å². The number of anilines is 1. The minimum Gasteiger partial charge on any atom is -0.494 e. The number of para-hydroxylation sites is 2. The molecule has 0 atom stereocenters. The third-order valence-corrected chi connectivity index (χ3v) is 5.54. The molecule has 1 heterocycles. The standard InChI is InChI=1S/C28H28N2O4/c1-3-33-22-16-14-21(15-17-22)25-26(29-23-12-8-9-13-24(23)34-4-2)28(32)30(27(25)31)19-18-20-10-6-5-7-11-20/h5-17,29H,3-4,18-19H2,1-2H3. The summed E-state index contributed by atoms with van der Waals surface area (Å²) in [5.41, 5.74) is 2.94. The molecule has 2 amide bonds. The summed E-state index contributed by atoms with van der Waals surface area (Å²) in [6.07, 6.45) is 0.581. The number of imide groups is 1. The molecular formula is C28H28N2O4. The molecule has 0 saturated carbocycles. The van der Waals surface area contributed by atoms with Crippen molar-refractivity contribution < 1.29 is 19.1 Å². The van der Waals surface area contributed by atoms with E-state index in [-0.39, 0.29) is 17.5 Å². The Balaban J connectivity index is 1.68. The molecule has 1 aliphatic heterocycles. The molecule has 4 rings (SSSR count). The van der Waals surface area contributed by atoms with Crippen molar-refractivity contribution >= 4 is 23.1 Å². The molecule has 0 bridgehead atoms. The van der Waals surface area contributed by atoms with E-state index in [0.29, 0.717) is 54.5 Å². The number of nitrogens with one attached hydrogen (secondary N) is 1. The Morgan fingerprint density at radius 2 is 1.44 bits per heavy atom. The smallest absolute Gasteiger partial charge is 0.278 e. The highest BCUT2D eigenvalue weighted by molar-refractivity contribution is 6.36. The molecule has 6 nitrogen and oxygen atoms in total. The maximum absolute atomic E-state index is 13.5. The Morgan fingerprint density at radius 1 is 0.765 bits per heavy atom. The van der Waals surface area contributed by atoms with E-state index in [1.54, 1.807) is 0 Å². The Kier molecular flexibility index (Phi) is 7.28. The van der Waals surface area contributed by atoms with Gasteiger partial charge < -0.3 is 14.8 Å². The van der Waals surface area contributed by atoms with Crippen molar-refractivity contribution in [1.29, 1.82) is 0 Å². The first-order valence-corrected chi connectivity index (χ1v) is 11.5. The van der Waals surface area contributed by atoms with Crippen molar-refractivity contribution in [2.45, 2.75) is 20.3 Å². The minimum absolute atomic E-state index is 0.245. The van der Waals surface area contributed by atoms with E-state index in [9.17, 15) is 9.59 Å². The normalized spacial score (nSPS) is 13.4. The van der Waals surface area contributed by atoms with Crippen LogP contribution in [0.25, 0.3) is 5.57 Å². The molecule has 34 heavy (non-hydrogen) atoms. The molecule has 6 heteroatoms. The van der Waals surface area contributed by atoms with E-state index < -0.39 is 0 Å². The molecule has 0 spiro atoms. The zero-order chi connectivity index (χ0) is 23.9. The van der Waals surface area contributed by atoms with Gasteiger partial charge in [0.2, 0.25) is 0 Å². The molecule has 0 unspecified atom stereocenters. The quantitative estimate of drug-likeness (QED) is 0.439. The first-order valence-electron chi connectivity index (χ1n) is 11.5. The minimum atomic E-state index is -0.351. The number of hydrogen-bond acceptors (Lipinski definition) is 5. The van der Waals surface area contributed by atoms with Crippen molar-refractivity contribution in [1.82, 2.24) is 4.90 Å². The second-order valence-corrected chi connectivity index (χ2v) is 7.76. The molecular weight excluding hydrogens is 428 g/mol. The Hall–Kier alpha value is -4.06. The van der Waals surface area contributed by atoms with Crippen molar-refractivity contribution in [3.05, 3.63) is 95.7 Å². The molecule has 3 aromatic rings. The number of nitrogens with zero attached hydrogens (tertiary/aromatic N) is 1. The molecule has 1 aliphatic rings. The summed E-state index contributed by atoms with van der Waals surface area (Å²) >= 11 is 0. The number of ether oxygens (including phenoxy) is 2. The average molecular weight is 457 g/mol. The summed E-state index contributed by atoms with van der Waals surface area (Å²) in [4.78, 5) is 28.3. The van der Waals surface area contributed by atoms with Crippen LogP contribution in [-0.4, -0.2) is 36.5 Å². The van der Waals surface area contributed by atoms with E-state index >= 15 is 0 Å². The summed E-state index contributed by atoms with van der Waals surface area (Å²) in [6.45, 7) is 5.14. The first-order chi connectivity index (χ1) is 16.6. The third-order valence-electron chi connectivity index (χ3n) is 5.54. The number of carbonyl (C=O) groups excluding carboxylic acids is 2. The molecule has 3 aromatic carbocycles. The van der Waals surface area contributed by atoms with Crippen LogP contribution in [0.3, 0.4) is 0 Å². The molecule has 1 N–H and O–H groups in total. The van der Waals surface area contributed by atoms with Gasteiger partial charge in [-0.25, -0.2) is 0 Å². The third kappa shape index (κ3) is 4.96. The predicted octanol–water partition coefficient (Wildman–Crippen LogP) is 4.92. The molecule has 174 valence electrons. The van der Waals surface area contributed by atoms with Gasteiger partial charge in [0.15, 0.2) is 0 Å². The van der Waals surface area contributed by atoms with Crippen LogP contribution in [0.5, 0.6) is 11.5 Å². The molecule has 0 saturated heterocycles. The van der Waals surface area contributed by atoms with Crippen molar-refractivity contribution in [3.8, 4) is 11.5 Å². The highest BCUT2D eigenvalue weighted by Crippen LogP contribution is 2.34. The van der Waals surface area contributed by atoms with Crippen molar-refractivity contribution in [2.24, 2.45) is 0 Å². The molecule has 0 fully saturated rings. The molecule has 0 radical (unpaired) electrons. The lowest BCUT2D eigenvalue weighted by atomic mass is 10.0. The van der Waals surface area contributed by atoms with Crippen LogP contribution in [-0.2, 0) is 16.0 Å². The summed E-state index contributed by atoms with van der Waals surface area (Å²) in [5, 5.41) is 3.20. The largest absolute Gasteiger partial charge is 0.494 e. The van der Waals surface area contributed by atoms with Crippen LogP contribution in [0.4, 0.5) is 5.69 Å². The van der Waals surface area contributed by atoms with Crippen LogP contribution < -0.4 is 14.8 Å². The Labute approximate surface area is 199 Å². The highest BCUT2D eigenvalue weighted by Gasteiger charge is 2.39. The van der Waals surface area contributed by atoms with Crippen LogP contribution in [0.1, 0.15) is 25.0 Å². The molecule has 0 aliphatic carbocycles. The van der Waals surface area contributed by atoms with E-state index in [0.717, 1.165) is 5.56 Å². The maximum Gasteiger partial charge on any atom is 0.278 e. The monoisotopic (exact) mass is 456 g/mol. The van der Waals surface area contributed by atoms with Crippen LogP contribution in [0.15, 0.2) is 84.6 Å². The lowest BCUT2D eigenvalue weighted by molar-refractivity contribution is -0.136. The fraction of sp³-hybridized carbons (Fsp3) is 0.214. The van der Waals surface area contributed by atoms with Gasteiger partial charge in [-0.15, -0.1) is 0 Å². The van der Waals surface area contributed by atoms with E-state index in [1.165, 1.54) is 4.90 Å². The number of rotatable bonds is 10. The van der Waals surface area contributed by atoms with Gasteiger partial charge in [-0.05, 0) is 55.7 Å². The lowest BCUT2D eigenvalue weighted by Gasteiger charge is -2.16. The van der Waals surface area contributed by atoms with Gasteiger partial charge in [0, 0.05) is 6.54 Å². The molecule has 0 aromatic heterocycles. The van der Waals surface area contributed by atoms with Crippen LogP contribution in [0.2, 0.25) is 0 Å². The summed E-state index contributed by atoms with van der Waals surface area (Å²) in [6, 6.07) is 24.4. The van der Waals surface area contributed by atoms with Gasteiger partial charge in [-0.1, -0.05) is 54.6 Å². The van der Waals surface area contributed by atoms with Crippen LogP contribution in [0, 0.1) is 0 Å². The summed E-state index contributed by atoms with van der Waals surface area (Å²) in [7, 11) is 0. The lowest BCUT2D eigenvalue weighted by Crippen LogP contribution is -2.34. The Morgan fingerprint density at radius 3 is 2.15 bits per heavy atom. The van der Waals surface area contributed by atoms with Gasteiger partial charge in [0.1, 0.15) is 17.2 Å². The van der Waals surface area contributed by atoms with Gasteiger partial charge in [-0.3, -0.25) is 14.5 Å². The zero-order valence-electron chi connectivity index (χ0n) is 19.4. The fourth-order valence-corrected chi connectivity index (χ4v) is 3.92. The maximum atomic E-state index is 13.5. The zero-order valence-corrected chi connectivity index (χ0v) is 19.4. The van der Waals surface area contributed by atoms with Crippen molar-refractivity contribution in [2.75, 3.05) is 25.1 Å². The van der Waals surface area contributed by atoms with E-state index in [2.05, 4.69) is 5.32 Å². The van der Waals surface area contributed by atoms with Gasteiger partial charge in [-0.2, -0.15) is 0 Å². The van der Waals surface area contributed by atoms with Crippen molar-refractivity contribution in [3.63, 3.8) is 0 Å². The second kappa shape index (κ2) is 10.7. The van der Waals surface area contributed by atoms with Gasteiger partial charge in [0.05, 0.1) is 24.5 Å². The fourth-order valence-electron chi connectivity index (χ4n) is 3.92.